The first-order valence-corrected chi connectivity index (χ1v) is 5.35. The van der Waals surface area contributed by atoms with Crippen LogP contribution in [0.4, 0.5) is 0 Å². The van der Waals surface area contributed by atoms with Crippen LogP contribution in [-0.4, -0.2) is 11.6 Å². The molecule has 0 rings (SSSR count). The quantitative estimate of drug-likeness (QED) is 0.672. The Morgan fingerprint density at radius 1 is 1.40 bits per heavy atom. The third-order valence-corrected chi connectivity index (χ3v) is 2.15. The fraction of sp³-hybridized carbons (Fsp3) is 0.833. The lowest BCUT2D eigenvalue weighted by atomic mass is 9.90. The van der Waals surface area contributed by atoms with Crippen molar-refractivity contribution in [2.75, 3.05) is 0 Å². The SMILES string of the molecule is CC(C)[C@H](CC#N)CC(=O)OC(C)(C)C. The van der Waals surface area contributed by atoms with E-state index in [0.717, 1.165) is 0 Å². The highest BCUT2D eigenvalue weighted by Crippen LogP contribution is 2.20. The summed E-state index contributed by atoms with van der Waals surface area (Å²) in [5.74, 6) is 0.221. The van der Waals surface area contributed by atoms with Gasteiger partial charge in [-0.25, -0.2) is 0 Å². The molecule has 0 spiro atoms. The minimum absolute atomic E-state index is 0.102. The molecule has 0 unspecified atom stereocenters. The van der Waals surface area contributed by atoms with Crippen molar-refractivity contribution in [2.24, 2.45) is 11.8 Å². The second-order valence-corrected chi connectivity index (χ2v) is 5.16. The Hall–Kier alpha value is -1.04. The van der Waals surface area contributed by atoms with E-state index in [1.54, 1.807) is 0 Å². The molecule has 0 amide bonds. The van der Waals surface area contributed by atoms with Crippen molar-refractivity contribution < 1.29 is 9.53 Å². The van der Waals surface area contributed by atoms with Gasteiger partial charge in [-0.2, -0.15) is 5.26 Å². The molecule has 3 heteroatoms. The number of rotatable bonds is 4. The van der Waals surface area contributed by atoms with Crippen molar-refractivity contribution in [1.29, 1.82) is 5.26 Å². The van der Waals surface area contributed by atoms with Gasteiger partial charge >= 0.3 is 5.97 Å². The molecule has 1 atom stereocenters. The summed E-state index contributed by atoms with van der Waals surface area (Å²) >= 11 is 0. The average Bonchev–Trinajstić information content (AvgIpc) is 1.99. The second-order valence-electron chi connectivity index (χ2n) is 5.16. The van der Waals surface area contributed by atoms with Crippen LogP contribution in [0.25, 0.3) is 0 Å². The van der Waals surface area contributed by atoms with Gasteiger partial charge in [0.05, 0.1) is 6.07 Å². The zero-order chi connectivity index (χ0) is 12.1. The standard InChI is InChI=1S/C12H21NO2/c1-9(2)10(6-7-13)8-11(14)15-12(3,4)5/h9-10H,6,8H2,1-5H3/t10-/m1/s1. The van der Waals surface area contributed by atoms with Gasteiger partial charge in [0.25, 0.3) is 0 Å². The van der Waals surface area contributed by atoms with Gasteiger partial charge in [-0.15, -0.1) is 0 Å². The third-order valence-electron chi connectivity index (χ3n) is 2.15. The first-order chi connectivity index (χ1) is 6.76. The largest absolute Gasteiger partial charge is 0.460 e. The van der Waals surface area contributed by atoms with E-state index in [9.17, 15) is 4.79 Å². The predicted molar refractivity (Wildman–Crippen MR) is 59.0 cm³/mol. The van der Waals surface area contributed by atoms with Crippen LogP contribution in [0, 0.1) is 23.2 Å². The van der Waals surface area contributed by atoms with Gasteiger partial charge < -0.3 is 4.74 Å². The highest BCUT2D eigenvalue weighted by molar-refractivity contribution is 5.70. The predicted octanol–water partition coefficient (Wildman–Crippen LogP) is 2.90. The van der Waals surface area contributed by atoms with Gasteiger partial charge in [0.15, 0.2) is 0 Å². The summed E-state index contributed by atoms with van der Waals surface area (Å²) in [5.41, 5.74) is -0.439. The maximum absolute atomic E-state index is 11.5. The molecule has 0 radical (unpaired) electrons. The Bertz CT molecular complexity index is 245. The van der Waals surface area contributed by atoms with E-state index < -0.39 is 5.60 Å². The van der Waals surface area contributed by atoms with Gasteiger partial charge in [0.2, 0.25) is 0 Å². The number of hydrogen-bond donors (Lipinski definition) is 0. The maximum Gasteiger partial charge on any atom is 0.306 e. The van der Waals surface area contributed by atoms with Crippen LogP contribution in [0.15, 0.2) is 0 Å². The smallest absolute Gasteiger partial charge is 0.306 e. The molecule has 0 saturated carbocycles. The Morgan fingerprint density at radius 3 is 2.27 bits per heavy atom. The van der Waals surface area contributed by atoms with E-state index in [4.69, 9.17) is 10.00 Å². The van der Waals surface area contributed by atoms with Gasteiger partial charge in [-0.05, 0) is 32.6 Å². The summed E-state index contributed by atoms with van der Waals surface area (Å²) in [6.07, 6.45) is 0.749. The fourth-order valence-electron chi connectivity index (χ4n) is 1.26. The topological polar surface area (TPSA) is 50.1 Å². The van der Waals surface area contributed by atoms with E-state index in [-0.39, 0.29) is 11.9 Å². The summed E-state index contributed by atoms with van der Waals surface area (Å²) in [4.78, 5) is 11.5. The van der Waals surface area contributed by atoms with Crippen LogP contribution in [0.3, 0.4) is 0 Å². The van der Waals surface area contributed by atoms with E-state index >= 15 is 0 Å². The van der Waals surface area contributed by atoms with Gasteiger partial charge in [-0.1, -0.05) is 13.8 Å². The number of esters is 1. The number of ether oxygens (including phenoxy) is 1. The lowest BCUT2D eigenvalue weighted by Crippen LogP contribution is -2.26. The van der Waals surface area contributed by atoms with Crippen molar-refractivity contribution in [3.05, 3.63) is 0 Å². The molecule has 0 aliphatic carbocycles. The van der Waals surface area contributed by atoms with Crippen molar-refractivity contribution >= 4 is 5.97 Å². The molecule has 15 heavy (non-hydrogen) atoms. The molecule has 0 heterocycles. The van der Waals surface area contributed by atoms with Crippen molar-refractivity contribution in [3.8, 4) is 6.07 Å². The van der Waals surface area contributed by atoms with Crippen molar-refractivity contribution in [3.63, 3.8) is 0 Å². The Morgan fingerprint density at radius 2 is 1.93 bits per heavy atom. The molecule has 0 aromatic rings. The van der Waals surface area contributed by atoms with E-state index in [2.05, 4.69) is 6.07 Å². The number of carbonyl (C=O) groups excluding carboxylic acids is 1. The molecular weight excluding hydrogens is 190 g/mol. The molecular formula is C12H21NO2. The van der Waals surface area contributed by atoms with E-state index in [0.29, 0.717) is 18.8 Å². The molecule has 3 nitrogen and oxygen atoms in total. The summed E-state index contributed by atoms with van der Waals surface area (Å²) in [6.45, 7) is 9.58. The van der Waals surface area contributed by atoms with Crippen molar-refractivity contribution in [1.82, 2.24) is 0 Å². The molecule has 0 aliphatic rings. The lowest BCUT2D eigenvalue weighted by Gasteiger charge is -2.22. The van der Waals surface area contributed by atoms with Crippen LogP contribution in [-0.2, 0) is 9.53 Å². The van der Waals surface area contributed by atoms with Crippen LogP contribution >= 0.6 is 0 Å². The third kappa shape index (κ3) is 6.96. The number of nitriles is 1. The Labute approximate surface area is 92.4 Å². The second kappa shape index (κ2) is 5.75. The summed E-state index contributed by atoms with van der Waals surface area (Å²) in [6, 6.07) is 2.11. The monoisotopic (exact) mass is 211 g/mol. The molecule has 0 aliphatic heterocycles. The normalized spacial score (nSPS) is 13.4. The average molecular weight is 211 g/mol. The minimum Gasteiger partial charge on any atom is -0.460 e. The van der Waals surface area contributed by atoms with Crippen LogP contribution in [0.5, 0.6) is 0 Å². The first-order valence-electron chi connectivity index (χ1n) is 5.35. The number of hydrogen-bond acceptors (Lipinski definition) is 3. The Balaban J connectivity index is 4.19. The Kier molecular flexibility index (Phi) is 5.35. The van der Waals surface area contributed by atoms with Gasteiger partial charge in [0.1, 0.15) is 5.60 Å². The highest BCUT2D eigenvalue weighted by Gasteiger charge is 2.22. The number of nitrogens with zero attached hydrogens (tertiary/aromatic N) is 1. The van der Waals surface area contributed by atoms with E-state index in [1.165, 1.54) is 0 Å². The van der Waals surface area contributed by atoms with Crippen LogP contribution in [0.2, 0.25) is 0 Å². The summed E-state index contributed by atoms with van der Waals surface area (Å²) in [5, 5.41) is 8.63. The first kappa shape index (κ1) is 14.0. The molecule has 0 bridgehead atoms. The molecule has 86 valence electrons. The lowest BCUT2D eigenvalue weighted by molar-refractivity contribution is -0.156. The summed E-state index contributed by atoms with van der Waals surface area (Å²) < 4.78 is 5.22. The zero-order valence-corrected chi connectivity index (χ0v) is 10.3. The molecule has 0 N–H and O–H groups in total. The fourth-order valence-corrected chi connectivity index (χ4v) is 1.26. The minimum atomic E-state index is -0.439. The molecule has 0 aromatic heterocycles. The van der Waals surface area contributed by atoms with Gasteiger partial charge in [0, 0.05) is 12.8 Å². The molecule has 0 saturated heterocycles. The highest BCUT2D eigenvalue weighted by atomic mass is 16.6. The number of carbonyl (C=O) groups is 1. The van der Waals surface area contributed by atoms with Crippen LogP contribution < -0.4 is 0 Å². The van der Waals surface area contributed by atoms with Crippen molar-refractivity contribution in [2.45, 2.75) is 53.1 Å². The van der Waals surface area contributed by atoms with E-state index in [1.807, 2.05) is 34.6 Å². The van der Waals surface area contributed by atoms with Gasteiger partial charge in [-0.3, -0.25) is 4.79 Å². The van der Waals surface area contributed by atoms with Crippen LogP contribution in [0.1, 0.15) is 47.5 Å². The summed E-state index contributed by atoms with van der Waals surface area (Å²) in [7, 11) is 0. The maximum atomic E-state index is 11.5. The molecule has 0 aromatic carbocycles. The molecule has 0 fully saturated rings. The zero-order valence-electron chi connectivity index (χ0n) is 10.3.